The molecule has 4 heterocycles. The summed E-state index contributed by atoms with van der Waals surface area (Å²) in [4.78, 5) is 29.0. The number of piperidine rings is 2. The van der Waals surface area contributed by atoms with Gasteiger partial charge in [-0.3, -0.25) is 14.7 Å². The minimum atomic E-state index is 0.0138. The highest BCUT2D eigenvalue weighted by Gasteiger charge is 2.39. The van der Waals surface area contributed by atoms with Crippen molar-refractivity contribution in [2.24, 2.45) is 11.8 Å². The van der Waals surface area contributed by atoms with Gasteiger partial charge in [0.2, 0.25) is 5.91 Å². The highest BCUT2D eigenvalue weighted by Crippen LogP contribution is 2.38. The number of aromatic amines is 1. The van der Waals surface area contributed by atoms with Crippen LogP contribution in [0, 0.1) is 11.8 Å². The van der Waals surface area contributed by atoms with Crippen LogP contribution in [0.2, 0.25) is 0 Å². The molecule has 2 N–H and O–H groups in total. The number of likely N-dealkylation sites (tertiary alicyclic amines) is 1. The van der Waals surface area contributed by atoms with Crippen molar-refractivity contribution in [3.63, 3.8) is 0 Å². The van der Waals surface area contributed by atoms with Crippen molar-refractivity contribution in [2.75, 3.05) is 33.7 Å². The number of hydrogen-bond acceptors (Lipinski definition) is 5. The number of carbonyl (C=O) groups excluding carboxylic acids is 2. The summed E-state index contributed by atoms with van der Waals surface area (Å²) in [7, 11) is 3.60. The highest BCUT2D eigenvalue weighted by molar-refractivity contribution is 5.96. The number of hydrogen-bond donors (Lipinski definition) is 2. The molecule has 0 radical (unpaired) electrons. The van der Waals surface area contributed by atoms with Gasteiger partial charge in [0.15, 0.2) is 0 Å². The molecule has 1 aromatic carbocycles. The Hall–Kier alpha value is -2.87. The Morgan fingerprint density at radius 3 is 2.94 bits per heavy atom. The lowest BCUT2D eigenvalue weighted by molar-refractivity contribution is -0.128. The second kappa shape index (κ2) is 8.58. The fourth-order valence-electron chi connectivity index (χ4n) is 5.37. The molecule has 170 valence electrons. The largest absolute Gasteiger partial charge is 0.488 e. The molecule has 0 saturated carbocycles. The van der Waals surface area contributed by atoms with Crippen LogP contribution in [-0.4, -0.2) is 71.6 Å². The number of carbonyl (C=O) groups is 2. The van der Waals surface area contributed by atoms with Gasteiger partial charge in [0.05, 0.1) is 0 Å². The molecule has 3 aliphatic heterocycles. The summed E-state index contributed by atoms with van der Waals surface area (Å²) in [5.74, 6) is 1.87. The minimum Gasteiger partial charge on any atom is -0.488 e. The first-order valence-corrected chi connectivity index (χ1v) is 11.5. The Kier molecular flexibility index (Phi) is 5.63. The van der Waals surface area contributed by atoms with Crippen molar-refractivity contribution >= 4 is 11.8 Å². The molecule has 2 amide bonds. The lowest BCUT2D eigenvalue weighted by Crippen LogP contribution is -2.57. The molecule has 2 saturated heterocycles. The van der Waals surface area contributed by atoms with Crippen molar-refractivity contribution in [1.82, 2.24) is 25.3 Å². The van der Waals surface area contributed by atoms with E-state index in [2.05, 4.69) is 15.5 Å². The average molecular weight is 438 g/mol. The number of nitrogens with zero attached hydrogens (tertiary/aromatic N) is 3. The van der Waals surface area contributed by atoms with Crippen molar-refractivity contribution in [1.29, 1.82) is 0 Å². The Balaban J connectivity index is 1.27. The molecule has 3 atom stereocenters. The number of H-pyrrole nitrogens is 1. The van der Waals surface area contributed by atoms with Gasteiger partial charge in [-0.15, -0.1) is 0 Å². The molecule has 0 aliphatic carbocycles. The van der Waals surface area contributed by atoms with Gasteiger partial charge in [0.25, 0.3) is 5.91 Å². The monoisotopic (exact) mass is 437 g/mol. The fraction of sp³-hybridized carbons (Fsp3) is 0.542. The lowest BCUT2D eigenvalue weighted by atomic mass is 9.79. The maximum Gasteiger partial charge on any atom is 0.272 e. The van der Waals surface area contributed by atoms with Crippen molar-refractivity contribution in [3.05, 3.63) is 35.5 Å². The van der Waals surface area contributed by atoms with Gasteiger partial charge in [-0.1, -0.05) is 12.1 Å². The summed E-state index contributed by atoms with van der Waals surface area (Å²) in [6, 6.07) is 8.15. The van der Waals surface area contributed by atoms with Crippen molar-refractivity contribution in [2.45, 2.75) is 38.3 Å². The second-order valence-corrected chi connectivity index (χ2v) is 9.48. The second-order valence-electron chi connectivity index (χ2n) is 9.48. The van der Waals surface area contributed by atoms with Crippen LogP contribution in [0.5, 0.6) is 5.75 Å². The van der Waals surface area contributed by atoms with Crippen LogP contribution < -0.4 is 10.1 Å². The topological polar surface area (TPSA) is 90.6 Å². The molecule has 3 aliphatic rings. The molecule has 5 rings (SSSR count). The van der Waals surface area contributed by atoms with Gasteiger partial charge >= 0.3 is 0 Å². The maximum absolute atomic E-state index is 13.5. The number of benzene rings is 1. The average Bonchev–Trinajstić information content (AvgIpc) is 3.24. The maximum atomic E-state index is 13.5. The third-order valence-corrected chi connectivity index (χ3v) is 7.09. The number of ether oxygens (including phenoxy) is 1. The molecule has 0 spiro atoms. The molecule has 2 fully saturated rings. The molecule has 2 aromatic rings. The molecular formula is C24H31N5O3. The van der Waals surface area contributed by atoms with E-state index in [1.54, 1.807) is 19.0 Å². The first-order valence-electron chi connectivity index (χ1n) is 11.5. The van der Waals surface area contributed by atoms with E-state index in [0.29, 0.717) is 36.6 Å². The summed E-state index contributed by atoms with van der Waals surface area (Å²) in [6.45, 7) is 2.78. The Morgan fingerprint density at radius 1 is 1.25 bits per heavy atom. The van der Waals surface area contributed by atoms with Gasteiger partial charge in [-0.25, -0.2) is 0 Å². The van der Waals surface area contributed by atoms with Crippen LogP contribution in [0.15, 0.2) is 24.3 Å². The van der Waals surface area contributed by atoms with E-state index in [-0.39, 0.29) is 11.8 Å². The zero-order valence-corrected chi connectivity index (χ0v) is 18.8. The summed E-state index contributed by atoms with van der Waals surface area (Å²) in [5.41, 5.74) is 3.14. The SMILES string of the molecule is CN(C)C(=O)CCC[C@H]1NCC2CC1CN(C(=O)c1[nH]nc3c1COc1ccccc1-3)C2. The number of amides is 2. The zero-order valence-electron chi connectivity index (χ0n) is 18.8. The molecule has 8 heteroatoms. The van der Waals surface area contributed by atoms with Crippen LogP contribution in [0.3, 0.4) is 0 Å². The van der Waals surface area contributed by atoms with Crippen molar-refractivity contribution < 1.29 is 14.3 Å². The van der Waals surface area contributed by atoms with Crippen LogP contribution in [0.1, 0.15) is 41.7 Å². The van der Waals surface area contributed by atoms with E-state index in [0.717, 1.165) is 61.5 Å². The van der Waals surface area contributed by atoms with E-state index in [9.17, 15) is 9.59 Å². The minimum absolute atomic E-state index is 0.0138. The standard InChI is InChI=1S/C24H31N5O3/c1-28(2)21(30)9-5-7-19-16-10-15(11-25-19)12-29(13-16)24(31)23-18-14-32-20-8-4-3-6-17(20)22(18)26-27-23/h3-4,6,8,15-16,19,25H,5,7,9-14H2,1-2H3,(H,26,27)/t15?,16?,19-/m1/s1. The predicted molar refractivity (Wildman–Crippen MR) is 120 cm³/mol. The van der Waals surface area contributed by atoms with E-state index in [1.165, 1.54) is 0 Å². The number of aromatic nitrogens is 2. The zero-order chi connectivity index (χ0) is 22.2. The first-order chi connectivity index (χ1) is 15.5. The number of para-hydroxylation sites is 1. The van der Waals surface area contributed by atoms with Crippen LogP contribution in [-0.2, 0) is 11.4 Å². The highest BCUT2D eigenvalue weighted by atomic mass is 16.5. The molecule has 2 unspecified atom stereocenters. The normalized spacial score (nSPS) is 23.7. The van der Waals surface area contributed by atoms with E-state index >= 15 is 0 Å². The summed E-state index contributed by atoms with van der Waals surface area (Å²) >= 11 is 0. The summed E-state index contributed by atoms with van der Waals surface area (Å²) in [5, 5.41) is 11.2. The van der Waals surface area contributed by atoms with E-state index < -0.39 is 0 Å². The van der Waals surface area contributed by atoms with Gasteiger partial charge in [0, 0.05) is 50.8 Å². The molecule has 8 nitrogen and oxygen atoms in total. The molecular weight excluding hydrogens is 406 g/mol. The molecule has 32 heavy (non-hydrogen) atoms. The smallest absolute Gasteiger partial charge is 0.272 e. The van der Waals surface area contributed by atoms with Gasteiger partial charge in [-0.05, 0) is 49.8 Å². The first kappa shape index (κ1) is 21.0. The third-order valence-electron chi connectivity index (χ3n) is 7.09. The van der Waals surface area contributed by atoms with Crippen LogP contribution >= 0.6 is 0 Å². The number of fused-ring (bicyclic) bond motifs is 5. The number of nitrogens with one attached hydrogen (secondary N) is 2. The quantitative estimate of drug-likeness (QED) is 0.749. The number of rotatable bonds is 5. The van der Waals surface area contributed by atoms with Gasteiger partial charge in [-0.2, -0.15) is 5.10 Å². The van der Waals surface area contributed by atoms with Crippen LogP contribution in [0.4, 0.5) is 0 Å². The summed E-state index contributed by atoms with van der Waals surface area (Å²) < 4.78 is 5.89. The lowest BCUT2D eigenvalue weighted by Gasteiger charge is -2.46. The Bertz CT molecular complexity index is 1020. The predicted octanol–water partition coefficient (Wildman–Crippen LogP) is 2.28. The summed E-state index contributed by atoms with van der Waals surface area (Å²) in [6.07, 6.45) is 3.55. The molecule has 1 aromatic heterocycles. The van der Waals surface area contributed by atoms with Crippen LogP contribution in [0.25, 0.3) is 11.3 Å². The van der Waals surface area contributed by atoms with Gasteiger partial charge < -0.3 is 19.9 Å². The van der Waals surface area contributed by atoms with E-state index in [4.69, 9.17) is 4.74 Å². The van der Waals surface area contributed by atoms with Gasteiger partial charge in [0.1, 0.15) is 23.7 Å². The Labute approximate surface area is 188 Å². The van der Waals surface area contributed by atoms with E-state index in [1.807, 2.05) is 29.2 Å². The Morgan fingerprint density at radius 2 is 2.09 bits per heavy atom. The fourth-order valence-corrected chi connectivity index (χ4v) is 5.37. The molecule has 2 bridgehead atoms. The third kappa shape index (κ3) is 3.88. The van der Waals surface area contributed by atoms with Crippen molar-refractivity contribution in [3.8, 4) is 17.0 Å².